The summed E-state index contributed by atoms with van der Waals surface area (Å²) in [5.74, 6) is -0.836. The van der Waals surface area contributed by atoms with Crippen LogP contribution < -0.4 is 0 Å². The van der Waals surface area contributed by atoms with Crippen molar-refractivity contribution in [3.05, 3.63) is 12.2 Å². The summed E-state index contributed by atoms with van der Waals surface area (Å²) in [5.41, 5.74) is 0. The van der Waals surface area contributed by atoms with Crippen LogP contribution in [0.5, 0.6) is 0 Å². The van der Waals surface area contributed by atoms with Gasteiger partial charge in [-0.1, -0.05) is 109 Å². The molecule has 3 heteroatoms. The van der Waals surface area contributed by atoms with Gasteiger partial charge in [0.05, 0.1) is 12.3 Å². The minimum atomic E-state index is -0.351. The highest BCUT2D eigenvalue weighted by molar-refractivity contribution is 5.94. The quantitative estimate of drug-likeness (QED) is 0.0888. The van der Waals surface area contributed by atoms with Crippen molar-refractivity contribution in [2.75, 3.05) is 0 Å². The van der Waals surface area contributed by atoms with Crippen molar-refractivity contribution in [2.24, 2.45) is 5.92 Å². The molecule has 29 heavy (non-hydrogen) atoms. The minimum absolute atomic E-state index is 0.173. The van der Waals surface area contributed by atoms with Crippen molar-refractivity contribution in [1.82, 2.24) is 0 Å². The van der Waals surface area contributed by atoms with Gasteiger partial charge in [-0.15, -0.1) is 0 Å². The summed E-state index contributed by atoms with van der Waals surface area (Å²) in [5, 5.41) is 0. The van der Waals surface area contributed by atoms with Crippen molar-refractivity contribution in [3.63, 3.8) is 0 Å². The number of carbonyl (C=O) groups excluding carboxylic acids is 2. The van der Waals surface area contributed by atoms with E-state index in [0.29, 0.717) is 0 Å². The highest BCUT2D eigenvalue weighted by Crippen LogP contribution is 2.22. The molecule has 1 unspecified atom stereocenters. The average molecular weight is 407 g/mol. The second-order valence-electron chi connectivity index (χ2n) is 8.83. The summed E-state index contributed by atoms with van der Waals surface area (Å²) in [6, 6.07) is 0. The lowest BCUT2D eigenvalue weighted by Gasteiger charge is -2.03. The van der Waals surface area contributed by atoms with Gasteiger partial charge in [0.15, 0.2) is 0 Å². The Morgan fingerprint density at radius 1 is 0.690 bits per heavy atom. The van der Waals surface area contributed by atoms with Crippen LogP contribution in [0.2, 0.25) is 0 Å². The monoisotopic (exact) mass is 406 g/mol. The predicted octanol–water partition coefficient (Wildman–Crippen LogP) is 8.06. The van der Waals surface area contributed by atoms with Gasteiger partial charge < -0.3 is 4.74 Å². The number of rotatable bonds is 20. The highest BCUT2D eigenvalue weighted by Gasteiger charge is 2.32. The number of cyclic esters (lactones) is 2. The van der Waals surface area contributed by atoms with Crippen LogP contribution in [0.15, 0.2) is 12.2 Å². The molecule has 1 fully saturated rings. The Labute approximate surface area is 180 Å². The zero-order valence-electron chi connectivity index (χ0n) is 19.1. The van der Waals surface area contributed by atoms with Gasteiger partial charge in [0.1, 0.15) is 0 Å². The third kappa shape index (κ3) is 15.4. The molecular formula is C26H46O3. The Kier molecular flexibility index (Phi) is 16.9. The largest absolute Gasteiger partial charge is 0.393 e. The van der Waals surface area contributed by atoms with E-state index in [0.717, 1.165) is 25.7 Å². The van der Waals surface area contributed by atoms with Gasteiger partial charge in [-0.05, 0) is 32.1 Å². The number of unbranched alkanes of at least 4 members (excludes halogenated alkanes) is 16. The molecule has 0 aromatic rings. The molecule has 1 atom stereocenters. The number of hydrogen-bond donors (Lipinski definition) is 0. The predicted molar refractivity (Wildman–Crippen MR) is 122 cm³/mol. The third-order valence-electron chi connectivity index (χ3n) is 6.03. The van der Waals surface area contributed by atoms with Crippen molar-refractivity contribution >= 4 is 11.9 Å². The van der Waals surface area contributed by atoms with Gasteiger partial charge in [-0.25, -0.2) is 0 Å². The van der Waals surface area contributed by atoms with Crippen molar-refractivity contribution in [1.29, 1.82) is 0 Å². The first-order valence-corrected chi connectivity index (χ1v) is 12.6. The zero-order valence-corrected chi connectivity index (χ0v) is 19.1. The molecule has 0 N–H and O–H groups in total. The lowest BCUT2D eigenvalue weighted by molar-refractivity contribution is -0.153. The Bertz CT molecular complexity index is 441. The second kappa shape index (κ2) is 18.9. The molecule has 0 saturated carbocycles. The molecule has 168 valence electrons. The maximum absolute atomic E-state index is 11.4. The van der Waals surface area contributed by atoms with Crippen LogP contribution >= 0.6 is 0 Å². The molecule has 0 aromatic heterocycles. The first-order valence-electron chi connectivity index (χ1n) is 12.6. The summed E-state index contributed by atoms with van der Waals surface area (Å²) >= 11 is 0. The lowest BCUT2D eigenvalue weighted by atomic mass is 9.99. The molecule has 0 aliphatic carbocycles. The lowest BCUT2D eigenvalue weighted by Crippen LogP contribution is -2.06. The van der Waals surface area contributed by atoms with Gasteiger partial charge in [0, 0.05) is 0 Å². The van der Waals surface area contributed by atoms with E-state index in [1.54, 1.807) is 0 Å². The molecule has 0 amide bonds. The van der Waals surface area contributed by atoms with Gasteiger partial charge in [0.25, 0.3) is 0 Å². The first-order chi connectivity index (χ1) is 14.2. The number of ether oxygens (including phenoxy) is 1. The van der Waals surface area contributed by atoms with E-state index in [1.807, 2.05) is 0 Å². The summed E-state index contributed by atoms with van der Waals surface area (Å²) in [7, 11) is 0. The van der Waals surface area contributed by atoms with E-state index >= 15 is 0 Å². The van der Waals surface area contributed by atoms with Crippen LogP contribution in [0, 0.1) is 5.92 Å². The number of carbonyl (C=O) groups is 2. The van der Waals surface area contributed by atoms with Crippen molar-refractivity contribution in [2.45, 2.75) is 135 Å². The van der Waals surface area contributed by atoms with Gasteiger partial charge in [-0.2, -0.15) is 0 Å². The van der Waals surface area contributed by atoms with Gasteiger partial charge in [0.2, 0.25) is 0 Å². The maximum Gasteiger partial charge on any atom is 0.317 e. The van der Waals surface area contributed by atoms with Crippen LogP contribution in [-0.2, 0) is 14.3 Å². The molecule has 1 aliphatic rings. The van der Waals surface area contributed by atoms with E-state index in [9.17, 15) is 9.59 Å². The molecule has 1 saturated heterocycles. The van der Waals surface area contributed by atoms with E-state index in [1.165, 1.54) is 96.3 Å². The SMILES string of the molecule is CCCCCCCCCCCCCCC/C=C/CCCCCC1CC(=O)OC1=O. The Balaban J connectivity index is 1.73. The molecule has 3 nitrogen and oxygen atoms in total. The van der Waals surface area contributed by atoms with Gasteiger partial charge in [-0.3, -0.25) is 9.59 Å². The molecule has 0 spiro atoms. The molecule has 1 rings (SSSR count). The van der Waals surface area contributed by atoms with E-state index < -0.39 is 0 Å². The van der Waals surface area contributed by atoms with Crippen LogP contribution in [0.25, 0.3) is 0 Å². The standard InChI is InChI=1S/C26H46O3/c1-2-3-4-5-6-7-8-9-10-11-12-13-14-15-16-17-18-19-20-21-22-24-23-25(27)29-26(24)28/h16-17,24H,2-15,18-23H2,1H3/b17-16+. The van der Waals surface area contributed by atoms with Crippen LogP contribution in [-0.4, -0.2) is 11.9 Å². The fourth-order valence-electron chi connectivity index (χ4n) is 4.09. The van der Waals surface area contributed by atoms with Crippen LogP contribution in [0.4, 0.5) is 0 Å². The third-order valence-corrected chi connectivity index (χ3v) is 6.03. The number of hydrogen-bond acceptors (Lipinski definition) is 3. The number of esters is 2. The highest BCUT2D eigenvalue weighted by atomic mass is 16.6. The molecule has 0 bridgehead atoms. The minimum Gasteiger partial charge on any atom is -0.393 e. The molecule has 1 heterocycles. The topological polar surface area (TPSA) is 43.4 Å². The summed E-state index contributed by atoms with van der Waals surface area (Å²) in [4.78, 5) is 22.4. The smallest absolute Gasteiger partial charge is 0.317 e. The van der Waals surface area contributed by atoms with E-state index in [4.69, 9.17) is 0 Å². The Hall–Kier alpha value is -1.12. The molecular weight excluding hydrogens is 360 g/mol. The zero-order chi connectivity index (χ0) is 21.0. The number of allylic oxidation sites excluding steroid dienone is 2. The fraction of sp³-hybridized carbons (Fsp3) is 0.846. The second-order valence-corrected chi connectivity index (χ2v) is 8.83. The van der Waals surface area contributed by atoms with Crippen molar-refractivity contribution < 1.29 is 14.3 Å². The first kappa shape index (κ1) is 25.9. The van der Waals surface area contributed by atoms with E-state index in [2.05, 4.69) is 23.8 Å². The van der Waals surface area contributed by atoms with Gasteiger partial charge >= 0.3 is 11.9 Å². The molecule has 1 aliphatic heterocycles. The molecule has 0 radical (unpaired) electrons. The van der Waals surface area contributed by atoms with E-state index in [-0.39, 0.29) is 24.3 Å². The maximum atomic E-state index is 11.4. The Morgan fingerprint density at radius 2 is 1.14 bits per heavy atom. The average Bonchev–Trinajstić information content (AvgIpc) is 3.03. The fourth-order valence-corrected chi connectivity index (χ4v) is 4.09. The van der Waals surface area contributed by atoms with Crippen LogP contribution in [0.3, 0.4) is 0 Å². The van der Waals surface area contributed by atoms with Crippen LogP contribution in [0.1, 0.15) is 135 Å². The summed E-state index contributed by atoms with van der Waals surface area (Å²) < 4.78 is 4.58. The normalized spacial score (nSPS) is 16.8. The summed E-state index contributed by atoms with van der Waals surface area (Å²) in [6.07, 6.45) is 29.8. The molecule has 0 aromatic carbocycles. The summed E-state index contributed by atoms with van der Waals surface area (Å²) in [6.45, 7) is 2.28. The Morgan fingerprint density at radius 3 is 1.59 bits per heavy atom. The van der Waals surface area contributed by atoms with Crippen molar-refractivity contribution in [3.8, 4) is 0 Å².